The molecule has 3 heterocycles. The van der Waals surface area contributed by atoms with Crippen LogP contribution in [0.25, 0.3) is 0 Å². The van der Waals surface area contributed by atoms with E-state index in [-0.39, 0.29) is 18.5 Å². The summed E-state index contributed by atoms with van der Waals surface area (Å²) in [5.74, 6) is 0.670. The Labute approximate surface area is 177 Å². The maximum absolute atomic E-state index is 12.6. The van der Waals surface area contributed by atoms with Gasteiger partial charge in [0.05, 0.1) is 6.04 Å². The van der Waals surface area contributed by atoms with Crippen LogP contribution in [0.5, 0.6) is 0 Å². The van der Waals surface area contributed by atoms with E-state index >= 15 is 0 Å². The maximum Gasteiger partial charge on any atom is 0.410 e. The summed E-state index contributed by atoms with van der Waals surface area (Å²) in [7, 11) is 0. The molecular formula is C21H32N4O3S. The summed E-state index contributed by atoms with van der Waals surface area (Å²) in [5, 5.41) is 1.05. The third kappa shape index (κ3) is 4.68. The van der Waals surface area contributed by atoms with E-state index in [9.17, 15) is 9.59 Å². The predicted octanol–water partition coefficient (Wildman–Crippen LogP) is 3.46. The van der Waals surface area contributed by atoms with Crippen LogP contribution in [-0.4, -0.2) is 71.2 Å². The first-order chi connectivity index (χ1) is 13.8. The Bertz CT molecular complexity index is 753. The van der Waals surface area contributed by atoms with Gasteiger partial charge in [0.15, 0.2) is 5.13 Å². The normalized spacial score (nSPS) is 23.9. The van der Waals surface area contributed by atoms with Gasteiger partial charge in [0.25, 0.3) is 0 Å². The number of hydrogen-bond acceptors (Lipinski definition) is 6. The zero-order chi connectivity index (χ0) is 20.6. The molecule has 0 bridgehead atoms. The van der Waals surface area contributed by atoms with Crippen LogP contribution in [0.2, 0.25) is 0 Å². The molecule has 1 saturated carbocycles. The summed E-state index contributed by atoms with van der Waals surface area (Å²) in [6, 6.07) is -0.0143. The molecule has 4 rings (SSSR count). The van der Waals surface area contributed by atoms with E-state index in [1.165, 1.54) is 37.0 Å². The second-order valence-corrected chi connectivity index (χ2v) is 10.5. The zero-order valence-corrected chi connectivity index (χ0v) is 18.5. The van der Waals surface area contributed by atoms with E-state index in [1.807, 2.05) is 37.0 Å². The Balaban J connectivity index is 1.41. The van der Waals surface area contributed by atoms with Crippen molar-refractivity contribution in [3.05, 3.63) is 11.1 Å². The average Bonchev–Trinajstić information content (AvgIpc) is 3.17. The summed E-state index contributed by atoms with van der Waals surface area (Å²) in [6.45, 7) is 8.35. The molecule has 1 aromatic rings. The van der Waals surface area contributed by atoms with Gasteiger partial charge in [-0.3, -0.25) is 9.69 Å². The first kappa shape index (κ1) is 20.4. The van der Waals surface area contributed by atoms with Gasteiger partial charge in [-0.05, 0) is 39.5 Å². The number of piperazine rings is 2. The minimum atomic E-state index is -0.563. The number of rotatable bonds is 2. The van der Waals surface area contributed by atoms with E-state index in [1.54, 1.807) is 4.90 Å². The van der Waals surface area contributed by atoms with Crippen molar-refractivity contribution in [1.82, 2.24) is 14.8 Å². The molecule has 7 nitrogen and oxygen atoms in total. The predicted molar refractivity (Wildman–Crippen MR) is 113 cm³/mol. The largest absolute Gasteiger partial charge is 0.444 e. The number of ether oxygens (including phenoxy) is 1. The van der Waals surface area contributed by atoms with Crippen LogP contribution in [-0.2, 0) is 9.53 Å². The van der Waals surface area contributed by atoms with E-state index in [2.05, 4.69) is 11.1 Å². The number of anilines is 1. The van der Waals surface area contributed by atoms with Gasteiger partial charge in [0, 0.05) is 37.3 Å². The molecule has 3 fully saturated rings. The summed E-state index contributed by atoms with van der Waals surface area (Å²) in [4.78, 5) is 36.9. The SMILES string of the molecule is CC(C)(C)OC(=O)N1CC(=O)N2CCN(c3ncc(C4CCCCC4)s3)C[C@@H]2C1. The second kappa shape index (κ2) is 8.13. The van der Waals surface area contributed by atoms with Crippen molar-refractivity contribution in [3.63, 3.8) is 0 Å². The van der Waals surface area contributed by atoms with Crippen molar-refractivity contribution in [3.8, 4) is 0 Å². The number of aromatic nitrogens is 1. The van der Waals surface area contributed by atoms with E-state index in [0.29, 0.717) is 25.6 Å². The van der Waals surface area contributed by atoms with Crippen molar-refractivity contribution in [1.29, 1.82) is 0 Å². The van der Waals surface area contributed by atoms with Crippen molar-refractivity contribution < 1.29 is 14.3 Å². The standard InChI is InChI=1S/C21H32N4O3S/c1-21(2,3)28-20(27)24-13-16-12-23(9-10-25(16)18(26)14-24)19-22-11-17(29-19)15-7-5-4-6-8-15/h11,15-16H,4-10,12-14H2,1-3H3/t16-/m1/s1. The van der Waals surface area contributed by atoms with Crippen molar-refractivity contribution in [2.45, 2.75) is 70.4 Å². The first-order valence-electron chi connectivity index (χ1n) is 10.8. The minimum Gasteiger partial charge on any atom is -0.444 e. The molecule has 0 radical (unpaired) electrons. The van der Waals surface area contributed by atoms with Crippen LogP contribution in [0.1, 0.15) is 63.7 Å². The quantitative estimate of drug-likeness (QED) is 0.733. The van der Waals surface area contributed by atoms with Gasteiger partial charge in [-0.25, -0.2) is 9.78 Å². The van der Waals surface area contributed by atoms with Gasteiger partial charge in [0.2, 0.25) is 5.91 Å². The summed E-state index contributed by atoms with van der Waals surface area (Å²) < 4.78 is 5.48. The molecule has 2 aliphatic heterocycles. The molecule has 1 aliphatic carbocycles. The minimum absolute atomic E-state index is 0.00814. The molecular weight excluding hydrogens is 388 g/mol. The maximum atomic E-state index is 12.6. The molecule has 8 heteroatoms. The molecule has 0 aromatic carbocycles. The lowest BCUT2D eigenvalue weighted by molar-refractivity contribution is -0.140. The number of carbonyl (C=O) groups is 2. The summed E-state index contributed by atoms with van der Waals surface area (Å²) in [6.07, 6.45) is 8.20. The molecule has 3 aliphatic rings. The van der Waals surface area contributed by atoms with Crippen molar-refractivity contribution >= 4 is 28.5 Å². The molecule has 160 valence electrons. The number of fused-ring (bicyclic) bond motifs is 1. The molecule has 1 aromatic heterocycles. The van der Waals surface area contributed by atoms with Crippen LogP contribution in [0.4, 0.5) is 9.93 Å². The average molecular weight is 421 g/mol. The number of thiazole rings is 1. The lowest BCUT2D eigenvalue weighted by Gasteiger charge is -2.46. The van der Waals surface area contributed by atoms with Crippen molar-refractivity contribution in [2.24, 2.45) is 0 Å². The van der Waals surface area contributed by atoms with Crippen LogP contribution < -0.4 is 4.90 Å². The number of hydrogen-bond donors (Lipinski definition) is 0. The lowest BCUT2D eigenvalue weighted by atomic mass is 9.89. The highest BCUT2D eigenvalue weighted by molar-refractivity contribution is 7.15. The van der Waals surface area contributed by atoms with Crippen molar-refractivity contribution in [2.75, 3.05) is 37.6 Å². The van der Waals surface area contributed by atoms with Gasteiger partial charge in [0.1, 0.15) is 12.1 Å². The van der Waals surface area contributed by atoms with Gasteiger partial charge in [-0.2, -0.15) is 0 Å². The number of nitrogens with zero attached hydrogens (tertiary/aromatic N) is 4. The van der Waals surface area contributed by atoms with Crippen LogP contribution in [0, 0.1) is 0 Å². The van der Waals surface area contributed by atoms with Crippen LogP contribution in [0.15, 0.2) is 6.20 Å². The fraction of sp³-hybridized carbons (Fsp3) is 0.762. The Morgan fingerprint density at radius 2 is 1.93 bits per heavy atom. The van der Waals surface area contributed by atoms with Gasteiger partial charge in [-0.1, -0.05) is 19.3 Å². The first-order valence-corrected chi connectivity index (χ1v) is 11.6. The zero-order valence-electron chi connectivity index (χ0n) is 17.7. The van der Waals surface area contributed by atoms with Gasteiger partial charge >= 0.3 is 6.09 Å². The molecule has 1 atom stereocenters. The fourth-order valence-corrected chi connectivity index (χ4v) is 5.67. The van der Waals surface area contributed by atoms with E-state index in [4.69, 9.17) is 9.72 Å². The fourth-order valence-electron chi connectivity index (χ4n) is 4.55. The highest BCUT2D eigenvalue weighted by Gasteiger charge is 2.40. The molecule has 0 spiro atoms. The number of carbonyl (C=O) groups excluding carboxylic acids is 2. The third-order valence-electron chi connectivity index (χ3n) is 6.00. The van der Waals surface area contributed by atoms with E-state index in [0.717, 1.165) is 11.7 Å². The highest BCUT2D eigenvalue weighted by Crippen LogP contribution is 2.38. The smallest absolute Gasteiger partial charge is 0.410 e. The Morgan fingerprint density at radius 1 is 1.17 bits per heavy atom. The Kier molecular flexibility index (Phi) is 5.73. The Hall–Kier alpha value is -1.83. The van der Waals surface area contributed by atoms with Gasteiger partial charge < -0.3 is 14.5 Å². The molecule has 2 amide bonds. The second-order valence-electron chi connectivity index (χ2n) is 9.43. The lowest BCUT2D eigenvalue weighted by Crippen LogP contribution is -2.65. The van der Waals surface area contributed by atoms with Crippen LogP contribution in [0.3, 0.4) is 0 Å². The topological polar surface area (TPSA) is 66.0 Å². The highest BCUT2D eigenvalue weighted by atomic mass is 32.1. The summed E-state index contributed by atoms with van der Waals surface area (Å²) >= 11 is 1.81. The Morgan fingerprint density at radius 3 is 2.66 bits per heavy atom. The number of amides is 2. The third-order valence-corrected chi connectivity index (χ3v) is 7.22. The van der Waals surface area contributed by atoms with E-state index < -0.39 is 11.7 Å². The van der Waals surface area contributed by atoms with Gasteiger partial charge in [-0.15, -0.1) is 11.3 Å². The molecule has 0 N–H and O–H groups in total. The monoisotopic (exact) mass is 420 g/mol. The van der Waals surface area contributed by atoms with Crippen LogP contribution >= 0.6 is 11.3 Å². The summed E-state index contributed by atoms with van der Waals surface area (Å²) in [5.41, 5.74) is -0.563. The molecule has 0 unspecified atom stereocenters. The molecule has 29 heavy (non-hydrogen) atoms. The molecule has 2 saturated heterocycles.